The molecule has 0 unspecified atom stereocenters. The third-order valence-corrected chi connectivity index (χ3v) is 3.66. The van der Waals surface area contributed by atoms with Crippen molar-refractivity contribution in [1.29, 1.82) is 0 Å². The molecule has 1 heterocycles. The van der Waals surface area contributed by atoms with Gasteiger partial charge >= 0.3 is 0 Å². The molecule has 1 aromatic carbocycles. The lowest BCUT2D eigenvalue weighted by Crippen LogP contribution is -2.30. The first-order chi connectivity index (χ1) is 10.2. The molecule has 0 bridgehead atoms. The van der Waals surface area contributed by atoms with Crippen LogP contribution in [0, 0.1) is 6.92 Å². The molecule has 1 amide bonds. The van der Waals surface area contributed by atoms with E-state index in [2.05, 4.69) is 10.3 Å². The lowest BCUT2D eigenvalue weighted by Gasteiger charge is -2.04. The highest BCUT2D eigenvalue weighted by atomic mass is 35.5. The number of aromatic nitrogens is 1. The fourth-order valence-corrected chi connectivity index (χ4v) is 2.42. The van der Waals surface area contributed by atoms with Crippen molar-refractivity contribution >= 4 is 42.1 Å². The van der Waals surface area contributed by atoms with Gasteiger partial charge in [0, 0.05) is 18.5 Å². The predicted octanol–water partition coefficient (Wildman–Crippen LogP) is 2.49. The van der Waals surface area contributed by atoms with Gasteiger partial charge < -0.3 is 15.8 Å². The molecule has 0 saturated heterocycles. The minimum atomic E-state index is -0.0586. The maximum absolute atomic E-state index is 11.6. The van der Waals surface area contributed by atoms with E-state index in [4.69, 9.17) is 10.5 Å². The number of halogens is 2. The van der Waals surface area contributed by atoms with Gasteiger partial charge in [0.25, 0.3) is 0 Å². The highest BCUT2D eigenvalue weighted by Gasteiger charge is 2.07. The van der Waals surface area contributed by atoms with Crippen LogP contribution in [0.4, 0.5) is 0 Å². The molecule has 23 heavy (non-hydrogen) atoms. The van der Waals surface area contributed by atoms with Crippen LogP contribution < -0.4 is 15.8 Å². The summed E-state index contributed by atoms with van der Waals surface area (Å²) in [6.07, 6.45) is 0.279. The molecule has 0 fully saturated rings. The molecule has 8 heteroatoms. The standard InChI is InChI=1S/C15H19N3O2S.2ClH/c1-11-2-4-13(5-3-11)20-9-15-18-12(10-21-15)8-14(19)17-7-6-16;;/h2-5,10H,6-9,16H2,1H3,(H,17,19);2*1H. The summed E-state index contributed by atoms with van der Waals surface area (Å²) in [6, 6.07) is 7.88. The van der Waals surface area contributed by atoms with E-state index in [1.807, 2.05) is 36.6 Å². The second-order valence-corrected chi connectivity index (χ2v) is 5.59. The largest absolute Gasteiger partial charge is 0.486 e. The zero-order valence-electron chi connectivity index (χ0n) is 12.8. The molecular formula is C15H21Cl2N3O2S. The van der Waals surface area contributed by atoms with Gasteiger partial charge in [0.05, 0.1) is 12.1 Å². The number of carbonyl (C=O) groups excluding carboxylic acids is 1. The van der Waals surface area contributed by atoms with Crippen molar-refractivity contribution in [2.45, 2.75) is 20.0 Å². The lowest BCUT2D eigenvalue weighted by atomic mass is 10.2. The molecule has 3 N–H and O–H groups in total. The molecule has 0 aliphatic carbocycles. The van der Waals surface area contributed by atoms with Crippen LogP contribution >= 0.6 is 36.2 Å². The molecular weight excluding hydrogens is 357 g/mol. The summed E-state index contributed by atoms with van der Waals surface area (Å²) >= 11 is 1.50. The average Bonchev–Trinajstić information content (AvgIpc) is 2.92. The van der Waals surface area contributed by atoms with E-state index in [-0.39, 0.29) is 37.1 Å². The van der Waals surface area contributed by atoms with Gasteiger partial charge in [-0.25, -0.2) is 4.98 Å². The van der Waals surface area contributed by atoms with Crippen LogP contribution in [0.15, 0.2) is 29.6 Å². The second kappa shape index (κ2) is 11.2. The van der Waals surface area contributed by atoms with Crippen molar-refractivity contribution < 1.29 is 9.53 Å². The Morgan fingerprint density at radius 1 is 1.30 bits per heavy atom. The van der Waals surface area contributed by atoms with Crippen molar-refractivity contribution in [2.75, 3.05) is 13.1 Å². The zero-order chi connectivity index (χ0) is 15.1. The van der Waals surface area contributed by atoms with E-state index < -0.39 is 0 Å². The molecule has 5 nitrogen and oxygen atoms in total. The Balaban J connectivity index is 0.00000242. The van der Waals surface area contributed by atoms with Crippen molar-refractivity contribution in [3.8, 4) is 5.75 Å². The summed E-state index contributed by atoms with van der Waals surface area (Å²) in [5.74, 6) is 0.759. The quantitative estimate of drug-likeness (QED) is 0.776. The van der Waals surface area contributed by atoms with Gasteiger partial charge in [0.15, 0.2) is 0 Å². The number of aryl methyl sites for hydroxylation is 1. The van der Waals surface area contributed by atoms with E-state index in [0.29, 0.717) is 19.7 Å². The maximum Gasteiger partial charge on any atom is 0.226 e. The first-order valence-electron chi connectivity index (χ1n) is 6.77. The summed E-state index contributed by atoms with van der Waals surface area (Å²) in [7, 11) is 0. The molecule has 2 rings (SSSR count). The fourth-order valence-electron chi connectivity index (χ4n) is 1.71. The van der Waals surface area contributed by atoms with Crippen LogP contribution in [0.2, 0.25) is 0 Å². The molecule has 0 saturated carbocycles. The van der Waals surface area contributed by atoms with Gasteiger partial charge in [-0.05, 0) is 19.1 Å². The summed E-state index contributed by atoms with van der Waals surface area (Å²) in [5.41, 5.74) is 7.29. The minimum Gasteiger partial charge on any atom is -0.486 e. The maximum atomic E-state index is 11.6. The number of nitrogens with two attached hydrogens (primary N) is 1. The predicted molar refractivity (Wildman–Crippen MR) is 97.9 cm³/mol. The fraction of sp³-hybridized carbons (Fsp3) is 0.333. The number of hydrogen-bond donors (Lipinski definition) is 2. The molecule has 0 spiro atoms. The second-order valence-electron chi connectivity index (χ2n) is 4.65. The van der Waals surface area contributed by atoms with Crippen LogP contribution in [0.5, 0.6) is 5.75 Å². The van der Waals surface area contributed by atoms with Crippen molar-refractivity contribution in [3.05, 3.63) is 45.9 Å². The molecule has 0 atom stereocenters. The Kier molecular flexibility index (Phi) is 10.6. The lowest BCUT2D eigenvalue weighted by molar-refractivity contribution is -0.120. The van der Waals surface area contributed by atoms with Gasteiger partial charge in [-0.15, -0.1) is 36.2 Å². The van der Waals surface area contributed by atoms with Crippen molar-refractivity contribution in [1.82, 2.24) is 10.3 Å². The minimum absolute atomic E-state index is 0. The Bertz CT molecular complexity index is 591. The molecule has 2 aromatic rings. The van der Waals surface area contributed by atoms with Gasteiger partial charge in [-0.3, -0.25) is 4.79 Å². The SMILES string of the molecule is Cc1ccc(OCc2nc(CC(=O)NCCN)cs2)cc1.Cl.Cl. The summed E-state index contributed by atoms with van der Waals surface area (Å²) in [4.78, 5) is 16.0. The van der Waals surface area contributed by atoms with E-state index >= 15 is 0 Å². The normalized spacial score (nSPS) is 9.48. The van der Waals surface area contributed by atoms with E-state index in [1.165, 1.54) is 16.9 Å². The Labute approximate surface area is 152 Å². The number of thiazole rings is 1. The number of hydrogen-bond acceptors (Lipinski definition) is 5. The third kappa shape index (κ3) is 7.65. The Hall–Kier alpha value is -1.34. The van der Waals surface area contributed by atoms with Crippen LogP contribution in [0.25, 0.3) is 0 Å². The van der Waals surface area contributed by atoms with Crippen LogP contribution in [-0.2, 0) is 17.8 Å². The third-order valence-electron chi connectivity index (χ3n) is 2.79. The van der Waals surface area contributed by atoms with Crippen molar-refractivity contribution in [2.24, 2.45) is 5.73 Å². The first kappa shape index (κ1) is 21.7. The molecule has 1 aromatic heterocycles. The summed E-state index contributed by atoms with van der Waals surface area (Å²) in [5, 5.41) is 5.47. The molecule has 128 valence electrons. The number of carbonyl (C=O) groups is 1. The number of benzene rings is 1. The summed E-state index contributed by atoms with van der Waals surface area (Å²) in [6.45, 7) is 3.38. The average molecular weight is 378 g/mol. The Morgan fingerprint density at radius 2 is 2.00 bits per heavy atom. The number of nitrogens with zero attached hydrogens (tertiary/aromatic N) is 1. The van der Waals surface area contributed by atoms with Gasteiger partial charge in [0.2, 0.25) is 5.91 Å². The van der Waals surface area contributed by atoms with Crippen LogP contribution in [-0.4, -0.2) is 24.0 Å². The highest BCUT2D eigenvalue weighted by Crippen LogP contribution is 2.16. The van der Waals surface area contributed by atoms with E-state index in [0.717, 1.165) is 16.5 Å². The molecule has 0 radical (unpaired) electrons. The van der Waals surface area contributed by atoms with E-state index in [1.54, 1.807) is 0 Å². The highest BCUT2D eigenvalue weighted by molar-refractivity contribution is 7.09. The van der Waals surface area contributed by atoms with Crippen LogP contribution in [0.3, 0.4) is 0 Å². The van der Waals surface area contributed by atoms with E-state index in [9.17, 15) is 4.79 Å². The first-order valence-corrected chi connectivity index (χ1v) is 7.65. The number of ether oxygens (including phenoxy) is 1. The monoisotopic (exact) mass is 377 g/mol. The number of nitrogens with one attached hydrogen (secondary N) is 1. The van der Waals surface area contributed by atoms with Gasteiger partial charge in [0.1, 0.15) is 17.4 Å². The Morgan fingerprint density at radius 3 is 2.65 bits per heavy atom. The smallest absolute Gasteiger partial charge is 0.226 e. The van der Waals surface area contributed by atoms with Crippen LogP contribution in [0.1, 0.15) is 16.3 Å². The number of amides is 1. The topological polar surface area (TPSA) is 77.2 Å². The molecule has 0 aliphatic heterocycles. The zero-order valence-corrected chi connectivity index (χ0v) is 15.2. The number of rotatable bonds is 7. The van der Waals surface area contributed by atoms with Gasteiger partial charge in [-0.1, -0.05) is 17.7 Å². The molecule has 0 aliphatic rings. The summed E-state index contributed by atoms with van der Waals surface area (Å²) < 4.78 is 5.66. The van der Waals surface area contributed by atoms with Crippen molar-refractivity contribution in [3.63, 3.8) is 0 Å². The van der Waals surface area contributed by atoms with Gasteiger partial charge in [-0.2, -0.15) is 0 Å².